The molecule has 0 bridgehead atoms. The van der Waals surface area contributed by atoms with Crippen molar-refractivity contribution in [3.63, 3.8) is 0 Å². The standard InChI is InChI=1S/C15H25FN2/c1-6-7-11(3)18(5)15-8-10(2)14(16)9-13(15)12(4)17/h8-9,11-12H,6-7,17H2,1-5H3/t11?,12-/m1/s1. The minimum atomic E-state index is -0.178. The lowest BCUT2D eigenvalue weighted by Gasteiger charge is -2.30. The molecule has 0 aliphatic heterocycles. The highest BCUT2D eigenvalue weighted by Gasteiger charge is 2.17. The minimum Gasteiger partial charge on any atom is -0.372 e. The van der Waals surface area contributed by atoms with Crippen LogP contribution in [0.15, 0.2) is 12.1 Å². The van der Waals surface area contributed by atoms with Gasteiger partial charge in [0, 0.05) is 24.8 Å². The predicted molar refractivity (Wildman–Crippen MR) is 76.5 cm³/mol. The molecule has 0 radical (unpaired) electrons. The van der Waals surface area contributed by atoms with Gasteiger partial charge >= 0.3 is 0 Å². The maximum Gasteiger partial charge on any atom is 0.126 e. The van der Waals surface area contributed by atoms with Crippen LogP contribution in [-0.4, -0.2) is 13.1 Å². The molecule has 0 aliphatic carbocycles. The van der Waals surface area contributed by atoms with Gasteiger partial charge in [0.2, 0.25) is 0 Å². The third kappa shape index (κ3) is 3.22. The van der Waals surface area contributed by atoms with Gasteiger partial charge in [-0.2, -0.15) is 0 Å². The van der Waals surface area contributed by atoms with Crippen molar-refractivity contribution in [2.24, 2.45) is 5.73 Å². The van der Waals surface area contributed by atoms with Gasteiger partial charge in [0.1, 0.15) is 5.82 Å². The molecule has 1 aromatic rings. The highest BCUT2D eigenvalue weighted by atomic mass is 19.1. The average molecular weight is 252 g/mol. The van der Waals surface area contributed by atoms with Crippen LogP contribution in [0.4, 0.5) is 10.1 Å². The fourth-order valence-electron chi connectivity index (χ4n) is 2.20. The average Bonchev–Trinajstić information content (AvgIpc) is 2.31. The van der Waals surface area contributed by atoms with E-state index in [2.05, 4.69) is 25.8 Å². The molecule has 1 rings (SSSR count). The monoisotopic (exact) mass is 252 g/mol. The lowest BCUT2D eigenvalue weighted by Crippen LogP contribution is -2.30. The van der Waals surface area contributed by atoms with Crippen molar-refractivity contribution in [3.8, 4) is 0 Å². The van der Waals surface area contributed by atoms with Crippen LogP contribution in [0.3, 0.4) is 0 Å². The number of halogens is 1. The maximum atomic E-state index is 13.7. The van der Waals surface area contributed by atoms with E-state index < -0.39 is 0 Å². The zero-order chi connectivity index (χ0) is 13.9. The Kier molecular flexibility index (Phi) is 5.15. The van der Waals surface area contributed by atoms with Crippen LogP contribution in [0.2, 0.25) is 0 Å². The van der Waals surface area contributed by atoms with E-state index in [1.54, 1.807) is 13.0 Å². The van der Waals surface area contributed by atoms with Crippen molar-refractivity contribution in [2.45, 2.75) is 52.6 Å². The molecule has 1 aromatic carbocycles. The van der Waals surface area contributed by atoms with Gasteiger partial charge in [0.25, 0.3) is 0 Å². The summed E-state index contributed by atoms with van der Waals surface area (Å²) < 4.78 is 13.7. The number of anilines is 1. The number of rotatable bonds is 5. The van der Waals surface area contributed by atoms with Crippen LogP contribution in [-0.2, 0) is 0 Å². The highest BCUT2D eigenvalue weighted by molar-refractivity contribution is 5.57. The third-order valence-corrected chi connectivity index (χ3v) is 3.55. The number of hydrogen-bond acceptors (Lipinski definition) is 2. The fourth-order valence-corrected chi connectivity index (χ4v) is 2.20. The van der Waals surface area contributed by atoms with Gasteiger partial charge in [0.05, 0.1) is 0 Å². The highest BCUT2D eigenvalue weighted by Crippen LogP contribution is 2.29. The summed E-state index contributed by atoms with van der Waals surface area (Å²) in [6, 6.07) is 3.74. The van der Waals surface area contributed by atoms with Gasteiger partial charge in [-0.1, -0.05) is 13.3 Å². The first-order valence-corrected chi connectivity index (χ1v) is 6.66. The van der Waals surface area contributed by atoms with Gasteiger partial charge in [-0.25, -0.2) is 4.39 Å². The first-order chi connectivity index (χ1) is 8.38. The normalized spacial score (nSPS) is 14.4. The van der Waals surface area contributed by atoms with E-state index in [-0.39, 0.29) is 11.9 Å². The van der Waals surface area contributed by atoms with Crippen molar-refractivity contribution < 1.29 is 4.39 Å². The van der Waals surface area contributed by atoms with E-state index in [0.29, 0.717) is 11.6 Å². The van der Waals surface area contributed by atoms with Crippen molar-refractivity contribution >= 4 is 5.69 Å². The van der Waals surface area contributed by atoms with Crippen molar-refractivity contribution in [2.75, 3.05) is 11.9 Å². The summed E-state index contributed by atoms with van der Waals surface area (Å²) in [6.45, 7) is 8.05. The lowest BCUT2D eigenvalue weighted by atomic mass is 10.0. The Morgan fingerprint density at radius 2 is 1.94 bits per heavy atom. The molecule has 2 N–H and O–H groups in total. The van der Waals surface area contributed by atoms with Crippen LogP contribution in [0.5, 0.6) is 0 Å². The zero-order valence-corrected chi connectivity index (χ0v) is 12.1. The fraction of sp³-hybridized carbons (Fsp3) is 0.600. The van der Waals surface area contributed by atoms with Gasteiger partial charge in [-0.05, 0) is 50.5 Å². The molecule has 3 heteroatoms. The number of nitrogens with zero attached hydrogens (tertiary/aromatic N) is 1. The van der Waals surface area contributed by atoms with Gasteiger partial charge in [0.15, 0.2) is 0 Å². The largest absolute Gasteiger partial charge is 0.372 e. The van der Waals surface area contributed by atoms with Crippen molar-refractivity contribution in [1.82, 2.24) is 0 Å². The molecule has 2 atom stereocenters. The Morgan fingerprint density at radius 1 is 1.33 bits per heavy atom. The lowest BCUT2D eigenvalue weighted by molar-refractivity contribution is 0.599. The molecular weight excluding hydrogens is 227 g/mol. The molecule has 18 heavy (non-hydrogen) atoms. The Labute approximate surface area is 110 Å². The van der Waals surface area contributed by atoms with Gasteiger partial charge in [-0.3, -0.25) is 0 Å². The third-order valence-electron chi connectivity index (χ3n) is 3.55. The molecule has 0 saturated heterocycles. The van der Waals surface area contributed by atoms with Crippen molar-refractivity contribution in [1.29, 1.82) is 0 Å². The quantitative estimate of drug-likeness (QED) is 0.864. The molecule has 1 unspecified atom stereocenters. The molecule has 0 saturated carbocycles. The van der Waals surface area contributed by atoms with Crippen molar-refractivity contribution in [3.05, 3.63) is 29.1 Å². The van der Waals surface area contributed by atoms with E-state index in [1.165, 1.54) is 0 Å². The van der Waals surface area contributed by atoms with Crippen LogP contribution in [0, 0.1) is 12.7 Å². The topological polar surface area (TPSA) is 29.3 Å². The van der Waals surface area contributed by atoms with Crippen LogP contribution in [0.25, 0.3) is 0 Å². The van der Waals surface area contributed by atoms with Crippen LogP contribution < -0.4 is 10.6 Å². The molecule has 0 aromatic heterocycles. The number of benzene rings is 1. The second-order valence-electron chi connectivity index (χ2n) is 5.20. The second kappa shape index (κ2) is 6.19. The molecular formula is C15H25FN2. The van der Waals surface area contributed by atoms with Gasteiger partial charge in [-0.15, -0.1) is 0 Å². The summed E-state index contributed by atoms with van der Waals surface area (Å²) in [5, 5.41) is 0. The number of nitrogens with two attached hydrogens (primary N) is 1. The van der Waals surface area contributed by atoms with Crippen LogP contribution >= 0.6 is 0 Å². The molecule has 102 valence electrons. The summed E-state index contributed by atoms with van der Waals surface area (Å²) in [6.07, 6.45) is 2.25. The zero-order valence-electron chi connectivity index (χ0n) is 12.1. The molecule has 2 nitrogen and oxygen atoms in total. The number of aryl methyl sites for hydroxylation is 1. The Morgan fingerprint density at radius 3 is 2.44 bits per heavy atom. The van der Waals surface area contributed by atoms with E-state index in [9.17, 15) is 4.39 Å². The van der Waals surface area contributed by atoms with E-state index in [1.807, 2.05) is 13.0 Å². The summed E-state index contributed by atoms with van der Waals surface area (Å²) in [7, 11) is 2.05. The molecule has 0 amide bonds. The van der Waals surface area contributed by atoms with E-state index >= 15 is 0 Å². The summed E-state index contributed by atoms with van der Waals surface area (Å²) in [4.78, 5) is 2.20. The number of hydrogen-bond donors (Lipinski definition) is 1. The Hall–Kier alpha value is -1.09. The minimum absolute atomic E-state index is 0.161. The summed E-state index contributed by atoms with van der Waals surface area (Å²) in [5.74, 6) is -0.178. The van der Waals surface area contributed by atoms with E-state index in [4.69, 9.17) is 5.73 Å². The van der Waals surface area contributed by atoms with E-state index in [0.717, 1.165) is 24.1 Å². The van der Waals surface area contributed by atoms with Gasteiger partial charge < -0.3 is 10.6 Å². The molecule has 0 fully saturated rings. The smallest absolute Gasteiger partial charge is 0.126 e. The maximum absolute atomic E-state index is 13.7. The summed E-state index contributed by atoms with van der Waals surface area (Å²) >= 11 is 0. The SMILES string of the molecule is CCCC(C)N(C)c1cc(C)c(F)cc1[C@@H](C)N. The molecule has 0 spiro atoms. The Bertz CT molecular complexity index is 402. The summed E-state index contributed by atoms with van der Waals surface area (Å²) in [5.41, 5.74) is 8.55. The Balaban J connectivity index is 3.17. The first kappa shape index (κ1) is 15.0. The molecule has 0 heterocycles. The second-order valence-corrected chi connectivity index (χ2v) is 5.20. The first-order valence-electron chi connectivity index (χ1n) is 6.66. The molecule has 0 aliphatic rings. The van der Waals surface area contributed by atoms with Crippen LogP contribution in [0.1, 0.15) is 50.8 Å². The predicted octanol–water partition coefficient (Wildman–Crippen LogP) is 3.78.